The molecule has 0 unspecified atom stereocenters. The number of nitrogens with one attached hydrogen (secondary N) is 3. The molecule has 0 saturated heterocycles. The van der Waals surface area contributed by atoms with E-state index in [1.165, 1.54) is 13.1 Å². The van der Waals surface area contributed by atoms with Crippen molar-refractivity contribution in [3.05, 3.63) is 71.5 Å². The Hall–Kier alpha value is -3.74. The van der Waals surface area contributed by atoms with Crippen LogP contribution in [0.3, 0.4) is 0 Å². The number of rotatable bonds is 5. The van der Waals surface area contributed by atoms with E-state index in [9.17, 15) is 9.59 Å². The number of hydrogen-bond acceptors (Lipinski definition) is 5. The molecule has 0 aliphatic rings. The predicted octanol–water partition coefficient (Wildman–Crippen LogP) is 4.05. The molecule has 0 radical (unpaired) electrons. The second-order valence-electron chi connectivity index (χ2n) is 6.42. The monoisotopic (exact) mass is 375 g/mol. The van der Waals surface area contributed by atoms with E-state index in [2.05, 4.69) is 25.9 Å². The molecule has 0 spiro atoms. The molecule has 0 aliphatic heterocycles. The molecule has 28 heavy (non-hydrogen) atoms. The zero-order valence-electron chi connectivity index (χ0n) is 15.9. The maximum atomic E-state index is 12.6. The third kappa shape index (κ3) is 4.91. The molecule has 0 aliphatic carbocycles. The summed E-state index contributed by atoms with van der Waals surface area (Å²) >= 11 is 0. The van der Waals surface area contributed by atoms with Crippen molar-refractivity contribution in [2.45, 2.75) is 20.8 Å². The van der Waals surface area contributed by atoms with Gasteiger partial charge in [-0.25, -0.2) is 9.97 Å². The summed E-state index contributed by atoms with van der Waals surface area (Å²) in [5.74, 6) is -0.184. The van der Waals surface area contributed by atoms with Crippen LogP contribution in [0.2, 0.25) is 0 Å². The minimum Gasteiger partial charge on any atom is -0.326 e. The number of anilines is 4. The standard InChI is InChI=1S/C21H21N5O2/c1-13-7-8-18(14(2)11-13)25-20(28)19-9-10-22-21(26-19)24-17-6-4-5-16(12-17)23-15(3)27/h4-12H,1-3H3,(H,23,27)(H,25,28)(H,22,24,26). The molecule has 2 aromatic carbocycles. The lowest BCUT2D eigenvalue weighted by Crippen LogP contribution is -2.15. The minimum atomic E-state index is -0.315. The van der Waals surface area contributed by atoms with E-state index in [1.807, 2.05) is 38.1 Å². The number of aromatic nitrogens is 2. The average Bonchev–Trinajstić information content (AvgIpc) is 2.64. The summed E-state index contributed by atoms with van der Waals surface area (Å²) in [6, 6.07) is 14.5. The highest BCUT2D eigenvalue weighted by atomic mass is 16.2. The maximum Gasteiger partial charge on any atom is 0.274 e. The molecular formula is C21H21N5O2. The Morgan fingerprint density at radius 1 is 0.929 bits per heavy atom. The summed E-state index contributed by atoms with van der Waals surface area (Å²) in [4.78, 5) is 32.2. The fourth-order valence-electron chi connectivity index (χ4n) is 2.69. The fourth-order valence-corrected chi connectivity index (χ4v) is 2.69. The highest BCUT2D eigenvalue weighted by molar-refractivity contribution is 6.03. The SMILES string of the molecule is CC(=O)Nc1cccc(Nc2nccc(C(=O)Nc3ccc(C)cc3C)n2)c1. The van der Waals surface area contributed by atoms with E-state index < -0.39 is 0 Å². The lowest BCUT2D eigenvalue weighted by Gasteiger charge is -2.10. The van der Waals surface area contributed by atoms with Crippen LogP contribution >= 0.6 is 0 Å². The first-order chi connectivity index (χ1) is 13.4. The van der Waals surface area contributed by atoms with E-state index in [4.69, 9.17) is 0 Å². The van der Waals surface area contributed by atoms with E-state index >= 15 is 0 Å². The van der Waals surface area contributed by atoms with Gasteiger partial charge in [0.2, 0.25) is 11.9 Å². The van der Waals surface area contributed by atoms with Crippen LogP contribution in [-0.4, -0.2) is 21.8 Å². The normalized spacial score (nSPS) is 10.2. The van der Waals surface area contributed by atoms with Crippen LogP contribution in [0.25, 0.3) is 0 Å². The van der Waals surface area contributed by atoms with Crippen molar-refractivity contribution in [1.29, 1.82) is 0 Å². The Kier molecular flexibility index (Phi) is 5.64. The smallest absolute Gasteiger partial charge is 0.274 e. The summed E-state index contributed by atoms with van der Waals surface area (Å²) in [6.45, 7) is 5.39. The molecule has 3 N–H and O–H groups in total. The molecule has 3 rings (SSSR count). The summed E-state index contributed by atoms with van der Waals surface area (Å²) in [5.41, 5.74) is 4.45. The van der Waals surface area contributed by atoms with Gasteiger partial charge in [0.05, 0.1) is 0 Å². The van der Waals surface area contributed by atoms with Gasteiger partial charge < -0.3 is 16.0 Å². The second kappa shape index (κ2) is 8.30. The molecule has 0 fully saturated rings. The largest absolute Gasteiger partial charge is 0.326 e. The molecule has 2 amide bonds. The van der Waals surface area contributed by atoms with Crippen LogP contribution in [0.5, 0.6) is 0 Å². The number of hydrogen-bond donors (Lipinski definition) is 3. The van der Waals surface area contributed by atoms with Crippen molar-refractivity contribution in [2.24, 2.45) is 0 Å². The van der Waals surface area contributed by atoms with Gasteiger partial charge in [-0.1, -0.05) is 23.8 Å². The summed E-state index contributed by atoms with van der Waals surface area (Å²) in [6.07, 6.45) is 1.52. The first-order valence-electron chi connectivity index (χ1n) is 8.77. The molecule has 1 heterocycles. The van der Waals surface area contributed by atoms with Crippen molar-refractivity contribution in [3.8, 4) is 0 Å². The molecule has 1 aromatic heterocycles. The Morgan fingerprint density at radius 2 is 1.71 bits per heavy atom. The van der Waals surface area contributed by atoms with Crippen molar-refractivity contribution >= 4 is 34.8 Å². The molecule has 0 atom stereocenters. The topological polar surface area (TPSA) is 96.0 Å². The van der Waals surface area contributed by atoms with Gasteiger partial charge in [-0.05, 0) is 49.7 Å². The predicted molar refractivity (Wildman–Crippen MR) is 110 cm³/mol. The first kappa shape index (κ1) is 19.0. The molecular weight excluding hydrogens is 354 g/mol. The third-order valence-electron chi connectivity index (χ3n) is 3.96. The Balaban J connectivity index is 1.75. The Bertz CT molecular complexity index is 1030. The lowest BCUT2D eigenvalue weighted by atomic mass is 10.1. The van der Waals surface area contributed by atoms with Crippen LogP contribution in [0, 0.1) is 13.8 Å². The molecule has 0 bridgehead atoms. The van der Waals surface area contributed by atoms with E-state index in [-0.39, 0.29) is 23.5 Å². The van der Waals surface area contributed by atoms with Crippen LogP contribution in [0.4, 0.5) is 23.0 Å². The summed E-state index contributed by atoms with van der Waals surface area (Å²) in [7, 11) is 0. The second-order valence-corrected chi connectivity index (χ2v) is 6.42. The van der Waals surface area contributed by atoms with Gasteiger partial charge in [0, 0.05) is 30.2 Å². The van der Waals surface area contributed by atoms with Gasteiger partial charge in [0.25, 0.3) is 5.91 Å². The number of benzene rings is 2. The highest BCUT2D eigenvalue weighted by Gasteiger charge is 2.11. The van der Waals surface area contributed by atoms with Crippen LogP contribution in [0.1, 0.15) is 28.5 Å². The quantitative estimate of drug-likeness (QED) is 0.625. The molecule has 7 nitrogen and oxygen atoms in total. The fraction of sp³-hybridized carbons (Fsp3) is 0.143. The van der Waals surface area contributed by atoms with Crippen LogP contribution < -0.4 is 16.0 Å². The minimum absolute atomic E-state index is 0.154. The van der Waals surface area contributed by atoms with Gasteiger partial charge in [-0.3, -0.25) is 9.59 Å². The number of carbonyl (C=O) groups is 2. The third-order valence-corrected chi connectivity index (χ3v) is 3.96. The maximum absolute atomic E-state index is 12.6. The van der Waals surface area contributed by atoms with Gasteiger partial charge in [-0.15, -0.1) is 0 Å². The first-order valence-corrected chi connectivity index (χ1v) is 8.77. The van der Waals surface area contributed by atoms with E-state index in [1.54, 1.807) is 24.3 Å². The number of carbonyl (C=O) groups excluding carboxylic acids is 2. The van der Waals surface area contributed by atoms with Gasteiger partial charge in [0.15, 0.2) is 0 Å². The van der Waals surface area contributed by atoms with E-state index in [0.29, 0.717) is 11.4 Å². The number of nitrogens with zero attached hydrogens (tertiary/aromatic N) is 2. The van der Waals surface area contributed by atoms with Crippen molar-refractivity contribution in [2.75, 3.05) is 16.0 Å². The highest BCUT2D eigenvalue weighted by Crippen LogP contribution is 2.19. The van der Waals surface area contributed by atoms with Gasteiger partial charge in [-0.2, -0.15) is 0 Å². The van der Waals surface area contributed by atoms with Gasteiger partial charge >= 0.3 is 0 Å². The Labute approximate surface area is 163 Å². The van der Waals surface area contributed by atoms with Crippen molar-refractivity contribution in [1.82, 2.24) is 9.97 Å². The molecule has 3 aromatic rings. The summed E-state index contributed by atoms with van der Waals surface area (Å²) < 4.78 is 0. The van der Waals surface area contributed by atoms with Crippen LogP contribution in [0.15, 0.2) is 54.7 Å². The average molecular weight is 375 g/mol. The molecule has 7 heteroatoms. The number of amides is 2. The zero-order valence-corrected chi connectivity index (χ0v) is 15.9. The van der Waals surface area contributed by atoms with Crippen molar-refractivity contribution in [3.63, 3.8) is 0 Å². The zero-order chi connectivity index (χ0) is 20.1. The number of aryl methyl sites for hydroxylation is 2. The molecule has 142 valence electrons. The molecule has 0 saturated carbocycles. The van der Waals surface area contributed by atoms with E-state index in [0.717, 1.165) is 16.8 Å². The lowest BCUT2D eigenvalue weighted by molar-refractivity contribution is -0.114. The summed E-state index contributed by atoms with van der Waals surface area (Å²) in [5, 5.41) is 8.63. The van der Waals surface area contributed by atoms with Crippen LogP contribution in [-0.2, 0) is 4.79 Å². The Morgan fingerprint density at radius 3 is 2.46 bits per heavy atom. The van der Waals surface area contributed by atoms with Crippen molar-refractivity contribution < 1.29 is 9.59 Å². The van der Waals surface area contributed by atoms with Gasteiger partial charge in [0.1, 0.15) is 5.69 Å².